The van der Waals surface area contributed by atoms with E-state index in [2.05, 4.69) is 34.1 Å². The number of aromatic nitrogens is 3. The summed E-state index contributed by atoms with van der Waals surface area (Å²) in [5, 5.41) is 4.48. The van der Waals surface area contributed by atoms with E-state index in [9.17, 15) is 0 Å². The third kappa shape index (κ3) is 3.68. The topological polar surface area (TPSA) is 69.2 Å². The molecular weight excluding hydrogens is 288 g/mol. The monoisotopic (exact) mass is 308 g/mol. The summed E-state index contributed by atoms with van der Waals surface area (Å²) >= 11 is 1.73. The highest BCUT2D eigenvalue weighted by molar-refractivity contribution is 7.11. The van der Waals surface area contributed by atoms with Crippen molar-refractivity contribution in [1.29, 1.82) is 0 Å². The van der Waals surface area contributed by atoms with Crippen LogP contribution in [-0.2, 0) is 13.0 Å². The zero-order valence-electron chi connectivity index (χ0n) is 12.7. The van der Waals surface area contributed by atoms with E-state index in [1.165, 1.54) is 11.2 Å². The highest BCUT2D eigenvalue weighted by Crippen LogP contribution is 2.25. The molecule has 0 aliphatic heterocycles. The maximum absolute atomic E-state index is 5.26. The fraction of sp³-hybridized carbons (Fsp3) is 0.500. The van der Waals surface area contributed by atoms with Crippen LogP contribution in [0.25, 0.3) is 0 Å². The van der Waals surface area contributed by atoms with Crippen molar-refractivity contribution in [3.05, 3.63) is 28.0 Å². The van der Waals surface area contributed by atoms with Gasteiger partial charge in [0, 0.05) is 17.6 Å². The summed E-state index contributed by atoms with van der Waals surface area (Å²) in [6, 6.07) is 0.143. The van der Waals surface area contributed by atoms with Gasteiger partial charge in [-0.05, 0) is 13.3 Å². The zero-order valence-corrected chi connectivity index (χ0v) is 13.5. The van der Waals surface area contributed by atoms with Crippen LogP contribution in [-0.4, -0.2) is 29.2 Å². The Labute approximate surface area is 128 Å². The maximum atomic E-state index is 5.26. The molecule has 1 N–H and O–H groups in total. The van der Waals surface area contributed by atoms with Crippen LogP contribution >= 0.6 is 11.3 Å². The third-order valence-electron chi connectivity index (χ3n) is 3.13. The molecule has 21 heavy (non-hydrogen) atoms. The predicted octanol–water partition coefficient (Wildman–Crippen LogP) is 2.36. The van der Waals surface area contributed by atoms with Crippen molar-refractivity contribution >= 4 is 11.3 Å². The lowest BCUT2D eigenvalue weighted by molar-refractivity contribution is 0.357. The Hall–Kier alpha value is -1.73. The van der Waals surface area contributed by atoms with Crippen molar-refractivity contribution < 1.29 is 9.47 Å². The normalized spacial score (nSPS) is 12.2. The second kappa shape index (κ2) is 7.33. The fourth-order valence-electron chi connectivity index (χ4n) is 1.91. The Morgan fingerprint density at radius 3 is 2.38 bits per heavy atom. The van der Waals surface area contributed by atoms with Crippen molar-refractivity contribution in [3.63, 3.8) is 0 Å². The van der Waals surface area contributed by atoms with Gasteiger partial charge in [-0.25, -0.2) is 15.0 Å². The molecule has 6 nitrogen and oxygen atoms in total. The Kier molecular flexibility index (Phi) is 5.46. The average Bonchev–Trinajstić information content (AvgIpc) is 3.01. The first-order valence-electron chi connectivity index (χ1n) is 6.79. The second-order valence-corrected chi connectivity index (χ2v) is 5.64. The smallest absolute Gasteiger partial charge is 0.224 e. The van der Waals surface area contributed by atoms with Gasteiger partial charge in [0.2, 0.25) is 11.8 Å². The van der Waals surface area contributed by atoms with Gasteiger partial charge in [0.05, 0.1) is 25.8 Å². The van der Waals surface area contributed by atoms with Crippen LogP contribution in [0.15, 0.2) is 12.5 Å². The first kappa shape index (κ1) is 15.7. The van der Waals surface area contributed by atoms with Crippen molar-refractivity contribution in [2.45, 2.75) is 32.9 Å². The molecule has 114 valence electrons. The minimum Gasteiger partial charge on any atom is -0.481 e. The zero-order chi connectivity index (χ0) is 15.2. The van der Waals surface area contributed by atoms with Gasteiger partial charge < -0.3 is 14.8 Å². The molecule has 0 aliphatic carbocycles. The van der Waals surface area contributed by atoms with Gasteiger partial charge in [0.25, 0.3) is 0 Å². The summed E-state index contributed by atoms with van der Waals surface area (Å²) in [5.74, 6) is 1.05. The van der Waals surface area contributed by atoms with Crippen LogP contribution in [0.2, 0.25) is 0 Å². The molecule has 0 spiro atoms. The molecule has 1 atom stereocenters. The van der Waals surface area contributed by atoms with E-state index in [1.807, 2.05) is 6.20 Å². The fourth-order valence-corrected chi connectivity index (χ4v) is 2.80. The van der Waals surface area contributed by atoms with Gasteiger partial charge >= 0.3 is 0 Å². The Morgan fingerprint density at radius 1 is 1.19 bits per heavy atom. The van der Waals surface area contributed by atoms with Crippen molar-refractivity contribution in [2.75, 3.05) is 14.2 Å². The third-order valence-corrected chi connectivity index (χ3v) is 4.45. The summed E-state index contributed by atoms with van der Waals surface area (Å²) in [4.78, 5) is 14.0. The number of methoxy groups -OCH3 is 2. The predicted molar refractivity (Wildman–Crippen MR) is 81.9 cm³/mol. The van der Waals surface area contributed by atoms with Crippen LogP contribution in [0.5, 0.6) is 11.8 Å². The van der Waals surface area contributed by atoms with Crippen LogP contribution in [0, 0.1) is 0 Å². The molecule has 0 bridgehead atoms. The summed E-state index contributed by atoms with van der Waals surface area (Å²) in [7, 11) is 3.17. The molecule has 2 aromatic heterocycles. The molecule has 7 heteroatoms. The molecule has 0 radical (unpaired) electrons. The summed E-state index contributed by atoms with van der Waals surface area (Å²) < 4.78 is 10.5. The number of ether oxygens (including phenoxy) is 2. The van der Waals surface area contributed by atoms with E-state index in [0.717, 1.165) is 17.0 Å². The van der Waals surface area contributed by atoms with Gasteiger partial charge in [0.1, 0.15) is 11.3 Å². The maximum Gasteiger partial charge on any atom is 0.224 e. The van der Waals surface area contributed by atoms with Gasteiger partial charge in [-0.1, -0.05) is 6.92 Å². The standard InChI is InChI=1S/C14H20N4O2S/c1-5-10-6-16-14(21-10)9(2)15-7-11-12(19-3)17-8-18-13(11)20-4/h6,8-9,15H,5,7H2,1-4H3. The van der Waals surface area contributed by atoms with Gasteiger partial charge in [-0.3, -0.25) is 0 Å². The summed E-state index contributed by atoms with van der Waals surface area (Å²) in [6.07, 6.45) is 4.38. The Bertz CT molecular complexity index is 566. The first-order valence-corrected chi connectivity index (χ1v) is 7.61. The molecule has 0 aliphatic rings. The number of hydrogen-bond acceptors (Lipinski definition) is 7. The lowest BCUT2D eigenvalue weighted by atomic mass is 10.2. The van der Waals surface area contributed by atoms with E-state index in [0.29, 0.717) is 18.3 Å². The van der Waals surface area contributed by atoms with Crippen LogP contribution in [0.3, 0.4) is 0 Å². The van der Waals surface area contributed by atoms with Gasteiger partial charge in [-0.2, -0.15) is 0 Å². The lowest BCUT2D eigenvalue weighted by Gasteiger charge is -2.14. The van der Waals surface area contributed by atoms with Gasteiger partial charge in [0.15, 0.2) is 0 Å². The van der Waals surface area contributed by atoms with E-state index < -0.39 is 0 Å². The van der Waals surface area contributed by atoms with Crippen molar-refractivity contribution in [1.82, 2.24) is 20.3 Å². The average molecular weight is 308 g/mol. The van der Waals surface area contributed by atoms with Crippen molar-refractivity contribution in [3.8, 4) is 11.8 Å². The Morgan fingerprint density at radius 2 is 1.86 bits per heavy atom. The molecule has 0 aromatic carbocycles. The number of rotatable bonds is 7. The molecular formula is C14H20N4O2S. The number of nitrogens with one attached hydrogen (secondary N) is 1. The first-order chi connectivity index (χ1) is 10.2. The number of hydrogen-bond donors (Lipinski definition) is 1. The molecule has 2 aromatic rings. The quantitative estimate of drug-likeness (QED) is 0.847. The number of thiazole rings is 1. The largest absolute Gasteiger partial charge is 0.481 e. The van der Waals surface area contributed by atoms with E-state index >= 15 is 0 Å². The van der Waals surface area contributed by atoms with Crippen LogP contribution < -0.4 is 14.8 Å². The number of aryl methyl sites for hydroxylation is 1. The highest BCUT2D eigenvalue weighted by atomic mass is 32.1. The molecule has 2 rings (SSSR count). The Balaban J connectivity index is 2.08. The van der Waals surface area contributed by atoms with Gasteiger partial charge in [-0.15, -0.1) is 11.3 Å². The van der Waals surface area contributed by atoms with Crippen LogP contribution in [0.1, 0.15) is 35.3 Å². The summed E-state index contributed by atoms with van der Waals surface area (Å²) in [5.41, 5.74) is 0.807. The lowest BCUT2D eigenvalue weighted by Crippen LogP contribution is -2.19. The second-order valence-electron chi connectivity index (χ2n) is 4.49. The molecule has 1 unspecified atom stereocenters. The van der Waals surface area contributed by atoms with E-state index in [4.69, 9.17) is 9.47 Å². The van der Waals surface area contributed by atoms with E-state index in [-0.39, 0.29) is 6.04 Å². The van der Waals surface area contributed by atoms with Crippen LogP contribution in [0.4, 0.5) is 0 Å². The molecule has 0 saturated carbocycles. The summed E-state index contributed by atoms with van der Waals surface area (Å²) in [6.45, 7) is 4.77. The highest BCUT2D eigenvalue weighted by Gasteiger charge is 2.15. The minimum atomic E-state index is 0.143. The van der Waals surface area contributed by atoms with Crippen molar-refractivity contribution in [2.24, 2.45) is 0 Å². The molecule has 0 amide bonds. The molecule has 2 heterocycles. The molecule has 0 saturated heterocycles. The minimum absolute atomic E-state index is 0.143. The number of nitrogens with zero attached hydrogens (tertiary/aromatic N) is 3. The SMILES string of the molecule is CCc1cnc(C(C)NCc2c(OC)ncnc2OC)s1. The van der Waals surface area contributed by atoms with E-state index in [1.54, 1.807) is 25.6 Å². The molecule has 0 fully saturated rings.